The molecule has 0 atom stereocenters. The zero-order valence-corrected chi connectivity index (χ0v) is 4.48. The molecule has 0 nitrogen and oxygen atoms in total. The topological polar surface area (TPSA) is 0 Å². The SMILES string of the molecule is C[SH](C)Cl. The van der Waals surface area contributed by atoms with Gasteiger partial charge >= 0.3 is 0 Å². The van der Waals surface area contributed by atoms with E-state index in [-0.39, 0.29) is 10.1 Å². The number of thiol groups is 1. The Bertz CT molecular complexity index is 10.8. The predicted octanol–water partition coefficient (Wildman–Crippen LogP) is 1.40. The lowest BCUT2D eigenvalue weighted by Crippen LogP contribution is -1.44. The summed E-state index contributed by atoms with van der Waals surface area (Å²) in [5.74, 6) is 0. The maximum Gasteiger partial charge on any atom is -0.0246 e. The van der Waals surface area contributed by atoms with Gasteiger partial charge in [0.1, 0.15) is 0 Å². The zero-order chi connectivity index (χ0) is 3.58. The fourth-order valence-electron chi connectivity index (χ4n) is 0. The van der Waals surface area contributed by atoms with E-state index < -0.39 is 0 Å². The molecule has 2 heteroatoms. The van der Waals surface area contributed by atoms with Gasteiger partial charge in [-0.2, -0.15) is 10.1 Å². The Hall–Kier alpha value is 0.640. The zero-order valence-electron chi connectivity index (χ0n) is 2.83. The van der Waals surface area contributed by atoms with Crippen LogP contribution in [0.2, 0.25) is 0 Å². The van der Waals surface area contributed by atoms with E-state index in [0.29, 0.717) is 0 Å². The minimum atomic E-state index is -0.148. The van der Waals surface area contributed by atoms with Gasteiger partial charge in [0, 0.05) is 0 Å². The summed E-state index contributed by atoms with van der Waals surface area (Å²) in [6.45, 7) is 0. The van der Waals surface area contributed by atoms with Crippen molar-refractivity contribution < 1.29 is 0 Å². The smallest absolute Gasteiger partial charge is 0.0246 e. The molecule has 0 unspecified atom stereocenters. The summed E-state index contributed by atoms with van der Waals surface area (Å²) in [5.41, 5.74) is 0. The third kappa shape index (κ3) is 17.3. The molecule has 0 saturated carbocycles. The molecule has 0 aromatic rings. The molecule has 0 aromatic heterocycles. The Balaban J connectivity index is 2.32. The van der Waals surface area contributed by atoms with Crippen LogP contribution in [0.4, 0.5) is 0 Å². The van der Waals surface area contributed by atoms with Crippen molar-refractivity contribution in [3.8, 4) is 0 Å². The lowest BCUT2D eigenvalue weighted by Gasteiger charge is -1.84. The van der Waals surface area contributed by atoms with E-state index in [1.807, 2.05) is 12.5 Å². The summed E-state index contributed by atoms with van der Waals surface area (Å²) >= 11 is 0. The van der Waals surface area contributed by atoms with Gasteiger partial charge in [0.2, 0.25) is 0 Å². The Morgan fingerprint density at radius 2 is 1.50 bits per heavy atom. The standard InChI is InChI=1S/C2H7ClS/c1-4(2)3/h4H,1-2H3. The number of hydrogen-bond donors (Lipinski definition) is 1. The molecule has 0 saturated heterocycles. The molecule has 0 spiro atoms. The third-order valence-corrected chi connectivity index (χ3v) is 0. The second-order valence-corrected chi connectivity index (χ2v) is 4.38. The quantitative estimate of drug-likeness (QED) is 0.435. The molecular formula is C2H7ClS. The van der Waals surface area contributed by atoms with E-state index in [1.165, 1.54) is 0 Å². The van der Waals surface area contributed by atoms with E-state index in [2.05, 4.69) is 0 Å². The molecule has 0 aliphatic carbocycles. The highest BCUT2D eigenvalue weighted by atomic mass is 35.7. The molecule has 0 bridgehead atoms. The summed E-state index contributed by atoms with van der Waals surface area (Å²) in [6, 6.07) is 0. The maximum absolute atomic E-state index is 5.34. The van der Waals surface area contributed by atoms with Crippen LogP contribution in [0.15, 0.2) is 0 Å². The van der Waals surface area contributed by atoms with Gasteiger partial charge in [-0.25, -0.2) is 0 Å². The van der Waals surface area contributed by atoms with Gasteiger partial charge in [0.05, 0.1) is 0 Å². The van der Waals surface area contributed by atoms with Gasteiger partial charge in [-0.05, 0) is 12.5 Å². The van der Waals surface area contributed by atoms with Crippen molar-refractivity contribution in [1.82, 2.24) is 0 Å². The minimum absolute atomic E-state index is 0.148. The molecule has 0 N–H and O–H groups in total. The Morgan fingerprint density at radius 3 is 1.50 bits per heavy atom. The van der Waals surface area contributed by atoms with E-state index >= 15 is 0 Å². The van der Waals surface area contributed by atoms with Crippen molar-refractivity contribution >= 4 is 20.8 Å². The number of hydrogen-bond acceptors (Lipinski definition) is 0. The summed E-state index contributed by atoms with van der Waals surface area (Å²) in [7, 11) is 5.19. The summed E-state index contributed by atoms with van der Waals surface area (Å²) in [6.07, 6.45) is 3.99. The first-order chi connectivity index (χ1) is 1.73. The number of halogens is 1. The van der Waals surface area contributed by atoms with Crippen molar-refractivity contribution in [2.75, 3.05) is 12.5 Å². The van der Waals surface area contributed by atoms with Gasteiger partial charge in [-0.1, -0.05) is 10.7 Å². The van der Waals surface area contributed by atoms with Crippen LogP contribution >= 0.6 is 20.8 Å². The third-order valence-electron chi connectivity index (χ3n) is 0. The van der Waals surface area contributed by atoms with Gasteiger partial charge in [-0.3, -0.25) is 0 Å². The molecule has 0 rings (SSSR count). The molecule has 0 amide bonds. The second-order valence-electron chi connectivity index (χ2n) is 0.785. The van der Waals surface area contributed by atoms with Crippen molar-refractivity contribution in [3.63, 3.8) is 0 Å². The highest BCUT2D eigenvalue weighted by Gasteiger charge is 1.62. The minimum Gasteiger partial charge on any atom is -0.181 e. The fourth-order valence-corrected chi connectivity index (χ4v) is 0. The van der Waals surface area contributed by atoms with Crippen LogP contribution < -0.4 is 0 Å². The van der Waals surface area contributed by atoms with E-state index in [0.717, 1.165) is 0 Å². The van der Waals surface area contributed by atoms with Gasteiger partial charge in [-0.15, -0.1) is 0 Å². The van der Waals surface area contributed by atoms with E-state index in [1.54, 1.807) is 0 Å². The molecule has 0 heterocycles. The summed E-state index contributed by atoms with van der Waals surface area (Å²) < 4.78 is 0. The van der Waals surface area contributed by atoms with Crippen LogP contribution in [0.1, 0.15) is 0 Å². The average Bonchev–Trinajstić information content (AvgIpc) is 0.811. The van der Waals surface area contributed by atoms with Crippen LogP contribution in [-0.4, -0.2) is 12.5 Å². The normalized spacial score (nSPS) is 11.2. The van der Waals surface area contributed by atoms with Crippen LogP contribution in [-0.2, 0) is 0 Å². The molecule has 0 radical (unpaired) electrons. The first-order valence-electron chi connectivity index (χ1n) is 1.06. The molecular weight excluding hydrogens is 91.5 g/mol. The lowest BCUT2D eigenvalue weighted by atomic mass is 11.9. The van der Waals surface area contributed by atoms with Crippen molar-refractivity contribution in [3.05, 3.63) is 0 Å². The molecule has 0 fully saturated rings. The second kappa shape index (κ2) is 1.91. The number of rotatable bonds is 0. The van der Waals surface area contributed by atoms with Gasteiger partial charge < -0.3 is 0 Å². The van der Waals surface area contributed by atoms with Crippen LogP contribution in [0.5, 0.6) is 0 Å². The molecule has 0 aromatic carbocycles. The fraction of sp³-hybridized carbons (Fsp3) is 1.00. The largest absolute Gasteiger partial charge is 0.181 e. The highest BCUT2D eigenvalue weighted by Crippen LogP contribution is 2.17. The Kier molecular flexibility index (Phi) is 2.22. The predicted molar refractivity (Wildman–Crippen MR) is 26.7 cm³/mol. The summed E-state index contributed by atoms with van der Waals surface area (Å²) in [5, 5.41) is 0. The van der Waals surface area contributed by atoms with Crippen LogP contribution in [0.3, 0.4) is 0 Å². The maximum atomic E-state index is 5.34. The van der Waals surface area contributed by atoms with Crippen molar-refractivity contribution in [2.24, 2.45) is 0 Å². The molecule has 0 aliphatic rings. The van der Waals surface area contributed by atoms with Gasteiger partial charge in [0.25, 0.3) is 0 Å². The monoisotopic (exact) mass is 98.0 g/mol. The Morgan fingerprint density at radius 1 is 1.50 bits per heavy atom. The van der Waals surface area contributed by atoms with Crippen LogP contribution in [0, 0.1) is 0 Å². The van der Waals surface area contributed by atoms with E-state index in [4.69, 9.17) is 10.7 Å². The molecule has 4 heavy (non-hydrogen) atoms. The van der Waals surface area contributed by atoms with Crippen LogP contribution in [0.25, 0.3) is 0 Å². The first-order valence-corrected chi connectivity index (χ1v) is 4.20. The van der Waals surface area contributed by atoms with Crippen molar-refractivity contribution in [1.29, 1.82) is 0 Å². The average molecular weight is 98.6 g/mol. The summed E-state index contributed by atoms with van der Waals surface area (Å²) in [4.78, 5) is 0. The van der Waals surface area contributed by atoms with Gasteiger partial charge in [0.15, 0.2) is 0 Å². The highest BCUT2D eigenvalue weighted by molar-refractivity contribution is 8.35. The molecule has 0 aliphatic heterocycles. The first kappa shape index (κ1) is 4.64. The lowest BCUT2D eigenvalue weighted by molar-refractivity contribution is 2.35. The van der Waals surface area contributed by atoms with Crippen molar-refractivity contribution in [2.45, 2.75) is 0 Å². The molecule has 28 valence electrons. The Labute approximate surface area is 34.0 Å². The van der Waals surface area contributed by atoms with E-state index in [9.17, 15) is 0 Å².